The van der Waals surface area contributed by atoms with E-state index in [1.54, 1.807) is 11.5 Å². The molecule has 14 nitrogen and oxygen atoms in total. The van der Waals surface area contributed by atoms with E-state index in [1.165, 1.54) is 36.7 Å². The quantitative estimate of drug-likeness (QED) is 0.125. The van der Waals surface area contributed by atoms with Crippen molar-refractivity contribution < 1.29 is 42.8 Å². The van der Waals surface area contributed by atoms with Crippen LogP contribution in [0.3, 0.4) is 0 Å². The Balaban J connectivity index is 0.000000679. The van der Waals surface area contributed by atoms with Crippen LogP contribution in [0.25, 0.3) is 11.2 Å². The Hall–Kier alpha value is -4.84. The van der Waals surface area contributed by atoms with Gasteiger partial charge in [-0.15, -0.1) is 0 Å². The second kappa shape index (κ2) is 17.6. The highest BCUT2D eigenvalue weighted by Crippen LogP contribution is 2.34. The maximum Gasteiger partial charge on any atom is 0.490 e. The van der Waals surface area contributed by atoms with Crippen LogP contribution in [-0.2, 0) is 14.3 Å². The van der Waals surface area contributed by atoms with Crippen molar-refractivity contribution in [1.82, 2.24) is 29.7 Å². The number of imidazole rings is 1. The number of fused-ring (bicyclic) bond motifs is 1. The van der Waals surface area contributed by atoms with E-state index in [0.29, 0.717) is 42.6 Å². The minimum atomic E-state index is -5.08. The van der Waals surface area contributed by atoms with E-state index in [2.05, 4.69) is 50.1 Å². The molecule has 6 rings (SSSR count). The molecule has 17 heteroatoms. The number of carbonyl (C=O) groups excluding carboxylic acids is 1. The van der Waals surface area contributed by atoms with Crippen LogP contribution < -0.4 is 16.0 Å². The van der Waals surface area contributed by atoms with Crippen molar-refractivity contribution in [2.45, 2.75) is 62.8 Å². The first-order valence-electron chi connectivity index (χ1n) is 17.1. The Bertz CT molecular complexity index is 1720. The lowest BCUT2D eigenvalue weighted by atomic mass is 9.91. The molecular formula is C35H43F3N8O6. The average Bonchev–Trinajstić information content (AvgIpc) is 3.69. The molecule has 2 aliphatic rings. The number of amides is 1. The molecule has 0 unspecified atom stereocenters. The predicted octanol–water partition coefficient (Wildman–Crippen LogP) is 3.36. The maximum absolute atomic E-state index is 12.5. The number of piperidine rings is 1. The van der Waals surface area contributed by atoms with Crippen molar-refractivity contribution in [3.8, 4) is 0 Å². The minimum absolute atomic E-state index is 0.0444. The monoisotopic (exact) mass is 728 g/mol. The van der Waals surface area contributed by atoms with E-state index in [-0.39, 0.29) is 5.92 Å². The third kappa shape index (κ3) is 9.52. The van der Waals surface area contributed by atoms with Gasteiger partial charge in [0.25, 0.3) is 5.91 Å². The lowest BCUT2D eigenvalue weighted by molar-refractivity contribution is -0.192. The summed E-state index contributed by atoms with van der Waals surface area (Å²) in [5.74, 6) is -2.26. The summed E-state index contributed by atoms with van der Waals surface area (Å²) >= 11 is 0. The van der Waals surface area contributed by atoms with Crippen molar-refractivity contribution in [2.24, 2.45) is 0 Å². The lowest BCUT2D eigenvalue weighted by Crippen LogP contribution is -2.42. The zero-order chi connectivity index (χ0) is 37.3. The van der Waals surface area contributed by atoms with Crippen LogP contribution in [0.5, 0.6) is 0 Å². The Morgan fingerprint density at radius 1 is 0.942 bits per heavy atom. The summed E-state index contributed by atoms with van der Waals surface area (Å²) in [6.45, 7) is 6.42. The van der Waals surface area contributed by atoms with E-state index in [1.807, 2.05) is 36.4 Å². The molecule has 2 aliphatic heterocycles. The van der Waals surface area contributed by atoms with Crippen LogP contribution in [-0.4, -0.2) is 115 Å². The number of likely N-dealkylation sites (tertiary alicyclic amines) is 1. The minimum Gasteiger partial charge on any atom is -0.475 e. The van der Waals surface area contributed by atoms with Gasteiger partial charge in [-0.25, -0.2) is 9.78 Å². The highest BCUT2D eigenvalue weighted by molar-refractivity contribution is 5.85. The molecule has 2 aromatic heterocycles. The molecule has 4 heterocycles. The molecule has 0 aliphatic carbocycles. The number of ether oxygens (including phenoxy) is 1. The number of hydrogen-bond donors (Lipinski definition) is 6. The molecule has 0 bridgehead atoms. The largest absolute Gasteiger partial charge is 0.490 e. The Labute approximate surface area is 298 Å². The van der Waals surface area contributed by atoms with Gasteiger partial charge in [0.1, 0.15) is 12.2 Å². The van der Waals surface area contributed by atoms with Crippen molar-refractivity contribution in [3.63, 3.8) is 0 Å². The van der Waals surface area contributed by atoms with Crippen molar-refractivity contribution in [1.29, 1.82) is 0 Å². The number of aliphatic hydroxyl groups excluding tert-OH is 2. The van der Waals surface area contributed by atoms with Gasteiger partial charge < -0.3 is 40.9 Å². The van der Waals surface area contributed by atoms with Gasteiger partial charge in [0, 0.05) is 32.1 Å². The first-order chi connectivity index (χ1) is 25.0. The molecule has 0 saturated carbocycles. The van der Waals surface area contributed by atoms with Gasteiger partial charge in [-0.05, 0) is 44.0 Å². The summed E-state index contributed by atoms with van der Waals surface area (Å²) in [7, 11) is 0. The number of likely N-dealkylation sites (N-methyl/N-ethyl adjacent to an activating group) is 1. The number of carbonyl (C=O) groups is 2. The van der Waals surface area contributed by atoms with Crippen molar-refractivity contribution in [3.05, 3.63) is 78.1 Å². The number of anilines is 2. The summed E-state index contributed by atoms with van der Waals surface area (Å²) in [6, 6.07) is 20.6. The van der Waals surface area contributed by atoms with Crippen LogP contribution in [0.1, 0.15) is 49.5 Å². The normalized spacial score (nSPS) is 20.7. The number of nitrogens with one attached hydrogen (secondary N) is 3. The number of alkyl halides is 3. The first-order valence-corrected chi connectivity index (χ1v) is 17.1. The van der Waals surface area contributed by atoms with Gasteiger partial charge in [0.15, 0.2) is 29.3 Å². The van der Waals surface area contributed by atoms with Crippen LogP contribution in [0, 0.1) is 0 Å². The standard InChI is InChI=1S/C33H42N8O4.C2HF3O2/c1-2-34-31(44)28-26(42)27(43)32(45-28)41-21-37-25-29(38-33(39-30(25)41)35-16-19-40-17-10-5-11-18-40)36-20-24(22-12-6-3-7-13-22)23-14-8-4-9-15-23;3-2(4,5)1(6)7/h3-4,6-9,12-15,21,24,26-28,32,42-43H,2,5,10-11,16-20H2,1H3,(H,34,44)(H2,35,36,38,39);(H,6,7)/t26-,27+,28-,32+;/m0./s1. The Kier molecular flexibility index (Phi) is 13.0. The molecule has 2 fully saturated rings. The fourth-order valence-corrected chi connectivity index (χ4v) is 6.19. The predicted molar refractivity (Wildman–Crippen MR) is 186 cm³/mol. The number of nitrogens with zero attached hydrogens (tertiary/aromatic N) is 5. The zero-order valence-electron chi connectivity index (χ0n) is 28.5. The second-order valence-corrected chi connectivity index (χ2v) is 12.4. The molecule has 2 aromatic carbocycles. The first kappa shape index (κ1) is 38.4. The Morgan fingerprint density at radius 2 is 1.56 bits per heavy atom. The summed E-state index contributed by atoms with van der Waals surface area (Å²) in [5, 5.41) is 38.3. The van der Waals surface area contributed by atoms with Gasteiger partial charge in [-0.3, -0.25) is 9.36 Å². The number of benzene rings is 2. The highest BCUT2D eigenvalue weighted by atomic mass is 19.4. The average molecular weight is 729 g/mol. The fourth-order valence-electron chi connectivity index (χ4n) is 6.19. The molecule has 52 heavy (non-hydrogen) atoms. The van der Waals surface area contributed by atoms with E-state index >= 15 is 0 Å². The summed E-state index contributed by atoms with van der Waals surface area (Å²) in [4.78, 5) is 38.1. The SMILES string of the molecule is CCNC(=O)[C@H]1O[C@@H](n2cnc3c(NCC(c4ccccc4)c4ccccc4)nc(NCCN4CCCCC4)nc32)[C@H](O)[C@@H]1O.O=C(O)C(F)(F)F. The van der Waals surface area contributed by atoms with E-state index < -0.39 is 42.6 Å². The van der Waals surface area contributed by atoms with Crippen LogP contribution in [0.2, 0.25) is 0 Å². The molecule has 6 N–H and O–H groups in total. The number of hydrogen-bond acceptors (Lipinski definition) is 11. The Morgan fingerprint density at radius 3 is 2.13 bits per heavy atom. The van der Waals surface area contributed by atoms with E-state index in [9.17, 15) is 28.2 Å². The van der Waals surface area contributed by atoms with Gasteiger partial charge in [0.05, 0.1) is 6.33 Å². The highest BCUT2D eigenvalue weighted by Gasteiger charge is 2.47. The smallest absolute Gasteiger partial charge is 0.475 e. The lowest BCUT2D eigenvalue weighted by Gasteiger charge is -2.26. The molecule has 4 atom stereocenters. The molecule has 0 radical (unpaired) electrons. The summed E-state index contributed by atoms with van der Waals surface area (Å²) in [5.41, 5.74) is 3.24. The van der Waals surface area contributed by atoms with Gasteiger partial charge in [-0.1, -0.05) is 67.1 Å². The maximum atomic E-state index is 12.5. The molecule has 1 amide bonds. The number of aromatic nitrogens is 4. The molecule has 4 aromatic rings. The second-order valence-electron chi connectivity index (χ2n) is 12.4. The fraction of sp³-hybridized carbons (Fsp3) is 0.457. The van der Waals surface area contributed by atoms with Gasteiger partial charge in [-0.2, -0.15) is 23.1 Å². The summed E-state index contributed by atoms with van der Waals surface area (Å²) in [6.07, 6.45) is -4.92. The topological polar surface area (TPSA) is 187 Å². The third-order valence-corrected chi connectivity index (χ3v) is 8.82. The number of halogens is 3. The molecular weight excluding hydrogens is 685 g/mol. The molecule has 0 spiro atoms. The third-order valence-electron chi connectivity index (χ3n) is 8.82. The van der Waals surface area contributed by atoms with Crippen molar-refractivity contribution in [2.75, 3.05) is 49.9 Å². The zero-order valence-corrected chi connectivity index (χ0v) is 28.5. The van der Waals surface area contributed by atoms with E-state index in [0.717, 1.165) is 19.6 Å². The van der Waals surface area contributed by atoms with Crippen molar-refractivity contribution >= 4 is 34.8 Å². The van der Waals surface area contributed by atoms with Gasteiger partial charge in [0.2, 0.25) is 5.95 Å². The molecule has 2 saturated heterocycles. The number of aliphatic carboxylic acids is 1. The molecule has 280 valence electrons. The summed E-state index contributed by atoms with van der Waals surface area (Å²) < 4.78 is 39.2. The van der Waals surface area contributed by atoms with Crippen LogP contribution in [0.15, 0.2) is 67.0 Å². The van der Waals surface area contributed by atoms with Gasteiger partial charge >= 0.3 is 12.1 Å². The number of carboxylic acids is 1. The van der Waals surface area contributed by atoms with E-state index in [4.69, 9.17) is 24.6 Å². The number of aliphatic hydroxyl groups is 2. The van der Waals surface area contributed by atoms with Crippen LogP contribution >= 0.6 is 0 Å². The number of rotatable bonds is 12. The number of carboxylic acid groups (broad SMARTS) is 1. The van der Waals surface area contributed by atoms with Crippen LogP contribution in [0.4, 0.5) is 24.9 Å².